The first kappa shape index (κ1) is 25.3. The first-order valence-corrected chi connectivity index (χ1v) is 12.0. The molecule has 1 amide bonds. The summed E-state index contributed by atoms with van der Waals surface area (Å²) in [6, 6.07) is 13.8. The monoisotopic (exact) mass is 491 g/mol. The predicted molar refractivity (Wildman–Crippen MR) is 138 cm³/mol. The van der Waals surface area contributed by atoms with Crippen molar-refractivity contribution in [3.05, 3.63) is 76.7 Å². The van der Waals surface area contributed by atoms with Crippen molar-refractivity contribution in [1.29, 1.82) is 0 Å². The zero-order valence-electron chi connectivity index (χ0n) is 21.3. The standard InChI is InChI=1S/C28H33N3O5/c1-20-24(21(2)36-29-20)19-35-26-11-9-22(17-27(26)33-4)10-12-28(32)30(3)18-23-7-5-6-8-25(23)31-13-15-34-16-14-31/h5-12,17H,13-16,18-19H2,1-4H3/b12-10+. The number of nitrogens with zero attached hydrogens (tertiary/aromatic N) is 3. The van der Waals surface area contributed by atoms with E-state index >= 15 is 0 Å². The van der Waals surface area contributed by atoms with Crippen LogP contribution in [0.4, 0.5) is 5.69 Å². The summed E-state index contributed by atoms with van der Waals surface area (Å²) in [6.07, 6.45) is 3.36. The minimum Gasteiger partial charge on any atom is -0.493 e. The Hall–Kier alpha value is -3.78. The Morgan fingerprint density at radius 2 is 1.92 bits per heavy atom. The van der Waals surface area contributed by atoms with Crippen molar-refractivity contribution in [3.63, 3.8) is 0 Å². The fourth-order valence-electron chi connectivity index (χ4n) is 4.15. The number of rotatable bonds is 9. The highest BCUT2D eigenvalue weighted by Gasteiger charge is 2.16. The number of morpholine rings is 1. The minimum absolute atomic E-state index is 0.0792. The number of ether oxygens (including phenoxy) is 3. The maximum atomic E-state index is 12.9. The Balaban J connectivity index is 1.39. The van der Waals surface area contributed by atoms with Crippen molar-refractivity contribution in [3.8, 4) is 11.5 Å². The third-order valence-electron chi connectivity index (χ3n) is 6.29. The molecule has 1 aliphatic rings. The lowest BCUT2D eigenvalue weighted by Gasteiger charge is -2.31. The average molecular weight is 492 g/mol. The van der Waals surface area contributed by atoms with Crippen LogP contribution in [0.3, 0.4) is 0 Å². The lowest BCUT2D eigenvalue weighted by molar-refractivity contribution is -0.125. The van der Waals surface area contributed by atoms with Gasteiger partial charge in [0, 0.05) is 38.4 Å². The number of methoxy groups -OCH3 is 1. The van der Waals surface area contributed by atoms with Crippen molar-refractivity contribution in [1.82, 2.24) is 10.1 Å². The second kappa shape index (κ2) is 11.8. The molecule has 0 aliphatic carbocycles. The second-order valence-corrected chi connectivity index (χ2v) is 8.76. The van der Waals surface area contributed by atoms with Crippen molar-refractivity contribution in [2.45, 2.75) is 27.0 Å². The summed E-state index contributed by atoms with van der Waals surface area (Å²) >= 11 is 0. The van der Waals surface area contributed by atoms with Crippen LogP contribution in [0.5, 0.6) is 11.5 Å². The second-order valence-electron chi connectivity index (χ2n) is 8.76. The van der Waals surface area contributed by atoms with Crippen LogP contribution in [0, 0.1) is 13.8 Å². The molecule has 1 aliphatic heterocycles. The van der Waals surface area contributed by atoms with Crippen LogP contribution in [0.25, 0.3) is 6.08 Å². The number of anilines is 1. The number of hydrogen-bond acceptors (Lipinski definition) is 7. The van der Waals surface area contributed by atoms with Gasteiger partial charge in [0.05, 0.1) is 31.6 Å². The van der Waals surface area contributed by atoms with Gasteiger partial charge in [-0.15, -0.1) is 0 Å². The van der Waals surface area contributed by atoms with Crippen LogP contribution in [-0.2, 0) is 22.7 Å². The SMILES string of the molecule is COc1cc(/C=C/C(=O)N(C)Cc2ccccc2N2CCOCC2)ccc1OCc1c(C)noc1C. The molecule has 0 atom stereocenters. The molecule has 8 heteroatoms. The van der Waals surface area contributed by atoms with Crippen LogP contribution in [0.1, 0.15) is 28.1 Å². The molecule has 0 N–H and O–H groups in total. The van der Waals surface area contributed by atoms with E-state index in [-0.39, 0.29) is 5.91 Å². The third-order valence-corrected chi connectivity index (χ3v) is 6.29. The van der Waals surface area contributed by atoms with E-state index in [0.29, 0.717) is 24.7 Å². The number of hydrogen-bond donors (Lipinski definition) is 0. The molecule has 2 heterocycles. The highest BCUT2D eigenvalue weighted by molar-refractivity contribution is 5.91. The Morgan fingerprint density at radius 1 is 1.14 bits per heavy atom. The number of carbonyl (C=O) groups is 1. The fourth-order valence-corrected chi connectivity index (χ4v) is 4.15. The summed E-state index contributed by atoms with van der Waals surface area (Å²) in [7, 11) is 3.41. The normalized spacial score (nSPS) is 13.7. The summed E-state index contributed by atoms with van der Waals surface area (Å²) in [5.74, 6) is 1.85. The first-order chi connectivity index (χ1) is 17.5. The topological polar surface area (TPSA) is 77.3 Å². The van der Waals surface area contributed by atoms with Gasteiger partial charge >= 0.3 is 0 Å². The van der Waals surface area contributed by atoms with Gasteiger partial charge < -0.3 is 28.5 Å². The summed E-state index contributed by atoms with van der Waals surface area (Å²) in [5.41, 5.74) is 4.84. The number of carbonyl (C=O) groups excluding carboxylic acids is 1. The molecule has 0 unspecified atom stereocenters. The highest BCUT2D eigenvalue weighted by atomic mass is 16.5. The van der Waals surface area contributed by atoms with E-state index in [1.807, 2.05) is 51.2 Å². The van der Waals surface area contributed by atoms with Gasteiger partial charge in [-0.2, -0.15) is 0 Å². The van der Waals surface area contributed by atoms with Gasteiger partial charge in [0.25, 0.3) is 0 Å². The van der Waals surface area contributed by atoms with Crippen LogP contribution in [-0.4, -0.2) is 56.4 Å². The van der Waals surface area contributed by atoms with Crippen LogP contribution in [0.15, 0.2) is 53.1 Å². The predicted octanol–water partition coefficient (Wildman–Crippen LogP) is 4.39. The van der Waals surface area contributed by atoms with E-state index in [9.17, 15) is 4.79 Å². The molecule has 0 spiro atoms. The maximum absolute atomic E-state index is 12.9. The number of benzene rings is 2. The molecule has 3 aromatic rings. The van der Waals surface area contributed by atoms with Gasteiger partial charge in [0.2, 0.25) is 5.91 Å². The van der Waals surface area contributed by atoms with Crippen molar-refractivity contribution in [2.75, 3.05) is 45.4 Å². The smallest absolute Gasteiger partial charge is 0.246 e. The number of para-hydroxylation sites is 1. The van der Waals surface area contributed by atoms with Crippen LogP contribution in [0.2, 0.25) is 0 Å². The molecule has 36 heavy (non-hydrogen) atoms. The van der Waals surface area contributed by atoms with Gasteiger partial charge in [-0.1, -0.05) is 29.4 Å². The number of aryl methyl sites for hydroxylation is 2. The van der Waals surface area contributed by atoms with Crippen LogP contribution >= 0.6 is 0 Å². The Morgan fingerprint density at radius 3 is 2.64 bits per heavy atom. The minimum atomic E-state index is -0.0792. The molecule has 1 fully saturated rings. The van der Waals surface area contributed by atoms with E-state index < -0.39 is 0 Å². The molecular formula is C28H33N3O5. The molecule has 4 rings (SSSR count). The molecule has 0 saturated carbocycles. The fraction of sp³-hybridized carbons (Fsp3) is 0.357. The molecule has 0 bridgehead atoms. The summed E-state index contributed by atoms with van der Waals surface area (Å²) < 4.78 is 22.1. The molecule has 8 nitrogen and oxygen atoms in total. The molecule has 190 valence electrons. The summed E-state index contributed by atoms with van der Waals surface area (Å²) in [6.45, 7) is 7.76. The zero-order chi connectivity index (χ0) is 25.5. The quantitative estimate of drug-likeness (QED) is 0.411. The van der Waals surface area contributed by atoms with Gasteiger partial charge in [-0.25, -0.2) is 0 Å². The van der Waals surface area contributed by atoms with E-state index in [4.69, 9.17) is 18.7 Å². The van der Waals surface area contributed by atoms with E-state index in [1.54, 1.807) is 24.2 Å². The average Bonchev–Trinajstić information content (AvgIpc) is 3.23. The van der Waals surface area contributed by atoms with E-state index in [2.05, 4.69) is 22.2 Å². The van der Waals surface area contributed by atoms with Crippen molar-refractivity contribution < 1.29 is 23.5 Å². The lowest BCUT2D eigenvalue weighted by atomic mass is 10.1. The molecule has 0 radical (unpaired) electrons. The van der Waals surface area contributed by atoms with Gasteiger partial charge in [-0.05, 0) is 49.2 Å². The zero-order valence-corrected chi connectivity index (χ0v) is 21.3. The Bertz CT molecular complexity index is 1190. The molecular weight excluding hydrogens is 458 g/mol. The van der Waals surface area contributed by atoms with Crippen molar-refractivity contribution >= 4 is 17.7 Å². The Labute approximate surface area is 212 Å². The van der Waals surface area contributed by atoms with E-state index in [1.165, 1.54) is 0 Å². The summed E-state index contributed by atoms with van der Waals surface area (Å²) in [4.78, 5) is 16.9. The largest absolute Gasteiger partial charge is 0.493 e. The number of aromatic nitrogens is 1. The van der Waals surface area contributed by atoms with Gasteiger partial charge in [0.1, 0.15) is 12.4 Å². The van der Waals surface area contributed by atoms with Gasteiger partial charge in [-0.3, -0.25) is 4.79 Å². The lowest BCUT2D eigenvalue weighted by Crippen LogP contribution is -2.37. The third kappa shape index (κ3) is 6.07. The Kier molecular flexibility index (Phi) is 8.28. The summed E-state index contributed by atoms with van der Waals surface area (Å²) in [5, 5.41) is 3.96. The van der Waals surface area contributed by atoms with Crippen molar-refractivity contribution in [2.24, 2.45) is 0 Å². The van der Waals surface area contributed by atoms with E-state index in [0.717, 1.165) is 60.1 Å². The molecule has 2 aromatic carbocycles. The van der Waals surface area contributed by atoms with Crippen LogP contribution < -0.4 is 14.4 Å². The van der Waals surface area contributed by atoms with Gasteiger partial charge in [0.15, 0.2) is 11.5 Å². The molecule has 1 saturated heterocycles. The maximum Gasteiger partial charge on any atom is 0.246 e. The number of likely N-dealkylation sites (N-methyl/N-ethyl adjacent to an activating group) is 1. The first-order valence-electron chi connectivity index (χ1n) is 12.0. The highest BCUT2D eigenvalue weighted by Crippen LogP contribution is 2.30. The molecule has 1 aromatic heterocycles. The number of amides is 1.